The maximum atomic E-state index is 12.8. The minimum Gasteiger partial charge on any atom is -0.449 e. The predicted octanol–water partition coefficient (Wildman–Crippen LogP) is 2.65. The van der Waals surface area contributed by atoms with E-state index in [9.17, 15) is 9.59 Å². The molecule has 1 N–H and O–H groups in total. The number of carbonyl (C=O) groups is 2. The Kier molecular flexibility index (Phi) is 8.54. The summed E-state index contributed by atoms with van der Waals surface area (Å²) in [5.74, 6) is 0.286. The number of nitrogens with one attached hydrogen (secondary N) is 1. The Bertz CT molecular complexity index is 719. The zero-order valence-corrected chi connectivity index (χ0v) is 19.0. The molecule has 1 aromatic rings. The van der Waals surface area contributed by atoms with Gasteiger partial charge in [-0.15, -0.1) is 0 Å². The van der Waals surface area contributed by atoms with Crippen LogP contribution in [0.5, 0.6) is 0 Å². The third-order valence-electron chi connectivity index (χ3n) is 5.77. The van der Waals surface area contributed by atoms with Gasteiger partial charge in [0, 0.05) is 50.6 Å². The highest BCUT2D eigenvalue weighted by Crippen LogP contribution is 2.19. The van der Waals surface area contributed by atoms with Gasteiger partial charge in [0.15, 0.2) is 0 Å². The summed E-state index contributed by atoms with van der Waals surface area (Å²) in [6.07, 6.45) is 0.566. The molecule has 0 spiro atoms. The fourth-order valence-corrected chi connectivity index (χ4v) is 3.83. The van der Waals surface area contributed by atoms with Crippen molar-refractivity contribution in [2.45, 2.75) is 33.2 Å². The standard InChI is InChI=1S/C23H36N4O4/c1-18(2)17-31-23(29)27-10-4-9-25(11-12-27)19(3)22(28)24-20-5-7-21(8-6-20)26-13-15-30-16-14-26/h5-8,18-19H,4,9-17H2,1-3H3,(H,24,28). The fourth-order valence-electron chi connectivity index (χ4n) is 3.83. The van der Waals surface area contributed by atoms with Crippen molar-refractivity contribution < 1.29 is 19.1 Å². The normalized spacial score (nSPS) is 19.1. The van der Waals surface area contributed by atoms with Crippen molar-refractivity contribution in [2.24, 2.45) is 5.92 Å². The maximum absolute atomic E-state index is 12.8. The second-order valence-corrected chi connectivity index (χ2v) is 8.66. The van der Waals surface area contributed by atoms with E-state index in [2.05, 4.69) is 15.1 Å². The number of carbonyl (C=O) groups excluding carboxylic acids is 2. The van der Waals surface area contributed by atoms with Gasteiger partial charge < -0.3 is 24.6 Å². The maximum Gasteiger partial charge on any atom is 0.409 e. The molecule has 0 aliphatic carbocycles. The Morgan fingerprint density at radius 1 is 1.00 bits per heavy atom. The van der Waals surface area contributed by atoms with Crippen LogP contribution in [0.1, 0.15) is 27.2 Å². The highest BCUT2D eigenvalue weighted by molar-refractivity contribution is 5.94. The van der Waals surface area contributed by atoms with Gasteiger partial charge in [0.25, 0.3) is 0 Å². The van der Waals surface area contributed by atoms with Crippen LogP contribution in [-0.2, 0) is 14.3 Å². The molecule has 2 saturated heterocycles. The number of anilines is 2. The molecular weight excluding hydrogens is 396 g/mol. The summed E-state index contributed by atoms with van der Waals surface area (Å²) < 4.78 is 10.8. The molecule has 0 aromatic heterocycles. The van der Waals surface area contributed by atoms with Crippen molar-refractivity contribution in [1.82, 2.24) is 9.80 Å². The van der Waals surface area contributed by atoms with E-state index in [0.717, 1.165) is 50.6 Å². The van der Waals surface area contributed by atoms with Crippen molar-refractivity contribution in [3.63, 3.8) is 0 Å². The number of benzene rings is 1. The van der Waals surface area contributed by atoms with Gasteiger partial charge in [0.2, 0.25) is 5.91 Å². The van der Waals surface area contributed by atoms with E-state index in [4.69, 9.17) is 9.47 Å². The summed E-state index contributed by atoms with van der Waals surface area (Å²) >= 11 is 0. The smallest absolute Gasteiger partial charge is 0.409 e. The lowest BCUT2D eigenvalue weighted by Gasteiger charge is -2.29. The Morgan fingerprint density at radius 3 is 2.39 bits per heavy atom. The van der Waals surface area contributed by atoms with Crippen molar-refractivity contribution in [2.75, 3.05) is 69.3 Å². The largest absolute Gasteiger partial charge is 0.449 e. The average molecular weight is 433 g/mol. The van der Waals surface area contributed by atoms with Gasteiger partial charge in [0.1, 0.15) is 0 Å². The second kappa shape index (κ2) is 11.3. The minimum atomic E-state index is -0.273. The highest BCUT2D eigenvalue weighted by atomic mass is 16.6. The van der Waals surface area contributed by atoms with E-state index in [1.54, 1.807) is 4.90 Å². The van der Waals surface area contributed by atoms with E-state index >= 15 is 0 Å². The molecule has 2 aliphatic heterocycles. The molecule has 0 bridgehead atoms. The first-order valence-corrected chi connectivity index (χ1v) is 11.3. The summed E-state index contributed by atoms with van der Waals surface area (Å²) in [6.45, 7) is 12.3. The molecule has 2 fully saturated rings. The topological polar surface area (TPSA) is 74.4 Å². The lowest BCUT2D eigenvalue weighted by Crippen LogP contribution is -2.44. The Balaban J connectivity index is 1.48. The lowest BCUT2D eigenvalue weighted by atomic mass is 10.2. The van der Waals surface area contributed by atoms with Gasteiger partial charge in [0.05, 0.1) is 25.9 Å². The molecule has 172 valence electrons. The molecule has 2 amide bonds. The van der Waals surface area contributed by atoms with E-state index < -0.39 is 0 Å². The van der Waals surface area contributed by atoms with Crippen molar-refractivity contribution >= 4 is 23.4 Å². The van der Waals surface area contributed by atoms with Gasteiger partial charge >= 0.3 is 6.09 Å². The van der Waals surface area contributed by atoms with Crippen LogP contribution >= 0.6 is 0 Å². The summed E-state index contributed by atoms with van der Waals surface area (Å²) in [5.41, 5.74) is 1.94. The van der Waals surface area contributed by atoms with Gasteiger partial charge in [-0.1, -0.05) is 13.8 Å². The van der Waals surface area contributed by atoms with Gasteiger partial charge in [-0.05, 0) is 43.5 Å². The number of nitrogens with zero attached hydrogens (tertiary/aromatic N) is 3. The van der Waals surface area contributed by atoms with Crippen LogP contribution in [-0.4, -0.2) is 86.9 Å². The van der Waals surface area contributed by atoms with Crippen LogP contribution < -0.4 is 10.2 Å². The SMILES string of the molecule is CC(C)COC(=O)N1CCCN(C(C)C(=O)Nc2ccc(N3CCOCC3)cc2)CC1. The Labute approximate surface area is 185 Å². The molecule has 1 atom stereocenters. The summed E-state index contributed by atoms with van der Waals surface area (Å²) in [5, 5.41) is 3.03. The first-order chi connectivity index (χ1) is 14.9. The number of rotatable bonds is 6. The van der Waals surface area contributed by atoms with Gasteiger partial charge in [-0.25, -0.2) is 4.79 Å². The predicted molar refractivity (Wildman–Crippen MR) is 122 cm³/mol. The molecule has 3 rings (SSSR count). The van der Waals surface area contributed by atoms with Crippen LogP contribution in [0.15, 0.2) is 24.3 Å². The minimum absolute atomic E-state index is 0.0324. The molecule has 1 unspecified atom stereocenters. The Hall–Kier alpha value is -2.32. The fraction of sp³-hybridized carbons (Fsp3) is 0.652. The molecule has 0 saturated carbocycles. The van der Waals surface area contributed by atoms with E-state index in [1.807, 2.05) is 45.0 Å². The zero-order valence-electron chi connectivity index (χ0n) is 19.0. The first-order valence-electron chi connectivity index (χ1n) is 11.3. The van der Waals surface area contributed by atoms with Gasteiger partial charge in [-0.2, -0.15) is 0 Å². The second-order valence-electron chi connectivity index (χ2n) is 8.66. The van der Waals surface area contributed by atoms with Crippen molar-refractivity contribution in [3.8, 4) is 0 Å². The van der Waals surface area contributed by atoms with Crippen LogP contribution in [0, 0.1) is 5.92 Å². The molecule has 31 heavy (non-hydrogen) atoms. The van der Waals surface area contributed by atoms with Crippen LogP contribution in [0.3, 0.4) is 0 Å². The average Bonchev–Trinajstić information content (AvgIpc) is 3.04. The molecular formula is C23H36N4O4. The summed E-state index contributed by atoms with van der Waals surface area (Å²) in [4.78, 5) is 31.2. The number of hydrogen-bond acceptors (Lipinski definition) is 6. The molecule has 2 heterocycles. The quantitative estimate of drug-likeness (QED) is 0.745. The number of hydrogen-bond donors (Lipinski definition) is 1. The van der Waals surface area contributed by atoms with Crippen LogP contribution in [0.2, 0.25) is 0 Å². The third-order valence-corrected chi connectivity index (χ3v) is 5.77. The lowest BCUT2D eigenvalue weighted by molar-refractivity contribution is -0.120. The molecule has 0 radical (unpaired) electrons. The van der Waals surface area contributed by atoms with Gasteiger partial charge in [-0.3, -0.25) is 9.69 Å². The van der Waals surface area contributed by atoms with Crippen LogP contribution in [0.4, 0.5) is 16.2 Å². The first kappa shape index (κ1) is 23.3. The highest BCUT2D eigenvalue weighted by Gasteiger charge is 2.26. The van der Waals surface area contributed by atoms with E-state index in [1.165, 1.54) is 0 Å². The van der Waals surface area contributed by atoms with Crippen molar-refractivity contribution in [3.05, 3.63) is 24.3 Å². The zero-order chi connectivity index (χ0) is 22.2. The summed E-state index contributed by atoms with van der Waals surface area (Å²) in [6, 6.07) is 7.70. The van der Waals surface area contributed by atoms with Crippen LogP contribution in [0.25, 0.3) is 0 Å². The molecule has 1 aromatic carbocycles. The van der Waals surface area contributed by atoms with E-state index in [-0.39, 0.29) is 18.0 Å². The third kappa shape index (κ3) is 6.83. The summed E-state index contributed by atoms with van der Waals surface area (Å²) in [7, 11) is 0. The Morgan fingerprint density at radius 2 is 1.71 bits per heavy atom. The molecule has 8 nitrogen and oxygen atoms in total. The van der Waals surface area contributed by atoms with Crippen molar-refractivity contribution in [1.29, 1.82) is 0 Å². The monoisotopic (exact) mass is 432 g/mol. The number of amides is 2. The molecule has 8 heteroatoms. The number of morpholine rings is 1. The van der Waals surface area contributed by atoms with E-state index in [0.29, 0.717) is 32.2 Å². The molecule has 2 aliphatic rings. The number of ether oxygens (including phenoxy) is 2.